The first-order valence-electron chi connectivity index (χ1n) is 19.6. The lowest BCUT2D eigenvalue weighted by molar-refractivity contribution is -0.254. The molecule has 0 bridgehead atoms. The first kappa shape index (κ1) is 36.1. The lowest BCUT2D eigenvalue weighted by Gasteiger charge is -2.64. The van der Waals surface area contributed by atoms with E-state index in [1.54, 1.807) is 0 Å². The molecule has 0 amide bonds. The first-order chi connectivity index (χ1) is 22.3. The molecule has 5 saturated carbocycles. The summed E-state index contributed by atoms with van der Waals surface area (Å²) in [5.41, 5.74) is -0.872. The molecule has 14 unspecified atom stereocenters. The maximum atomic E-state index is 12.6. The minimum atomic E-state index is -1.02. The number of aliphatic hydroxyl groups is 3. The highest BCUT2D eigenvalue weighted by atomic mass is 16.7. The third-order valence-corrected chi connectivity index (χ3v) is 16.7. The zero-order valence-corrected chi connectivity index (χ0v) is 31.9. The van der Waals surface area contributed by atoms with E-state index < -0.39 is 17.8 Å². The van der Waals surface area contributed by atoms with Crippen LogP contribution in [-0.2, 0) is 18.9 Å². The van der Waals surface area contributed by atoms with Crippen molar-refractivity contribution >= 4 is 0 Å². The van der Waals surface area contributed by atoms with Crippen molar-refractivity contribution in [2.24, 2.45) is 50.7 Å². The lowest BCUT2D eigenvalue weighted by atomic mass is 9.41. The Morgan fingerprint density at radius 2 is 1.67 bits per heavy atom. The summed E-state index contributed by atoms with van der Waals surface area (Å²) in [7, 11) is 0. The zero-order chi connectivity index (χ0) is 34.9. The summed E-state index contributed by atoms with van der Waals surface area (Å²) >= 11 is 0. The summed E-state index contributed by atoms with van der Waals surface area (Å²) in [5, 5.41) is 33.7. The van der Waals surface area contributed by atoms with E-state index in [0.717, 1.165) is 32.2 Å². The van der Waals surface area contributed by atoms with Crippen LogP contribution >= 0.6 is 0 Å². The molecule has 7 rings (SSSR count). The number of morpholine rings is 1. The highest BCUT2D eigenvalue weighted by Gasteiger charge is 2.84. The minimum absolute atomic E-state index is 0.00617. The fourth-order valence-electron chi connectivity index (χ4n) is 14.2. The van der Waals surface area contributed by atoms with Crippen LogP contribution in [-0.4, -0.2) is 101 Å². The molecule has 0 radical (unpaired) electrons. The van der Waals surface area contributed by atoms with Crippen LogP contribution in [0, 0.1) is 50.7 Å². The Balaban J connectivity index is 1.12. The van der Waals surface area contributed by atoms with E-state index in [4.69, 9.17) is 18.9 Å². The van der Waals surface area contributed by atoms with E-state index in [1.807, 2.05) is 20.8 Å². The fraction of sp³-hybridized carbons (Fsp3) is 1.00. The van der Waals surface area contributed by atoms with Crippen LogP contribution < -0.4 is 0 Å². The van der Waals surface area contributed by atoms with Crippen molar-refractivity contribution in [2.45, 2.75) is 169 Å². The third kappa shape index (κ3) is 4.81. The molecular weight excluding hydrogens is 606 g/mol. The average molecular weight is 676 g/mol. The van der Waals surface area contributed by atoms with Crippen LogP contribution in [0.2, 0.25) is 0 Å². The second kappa shape index (κ2) is 11.6. The van der Waals surface area contributed by atoms with Crippen LogP contribution in [0.3, 0.4) is 0 Å². The zero-order valence-electron chi connectivity index (χ0n) is 31.9. The van der Waals surface area contributed by atoms with Gasteiger partial charge in [-0.2, -0.15) is 0 Å². The fourth-order valence-corrected chi connectivity index (χ4v) is 14.2. The molecule has 14 atom stereocenters. The molecule has 2 aliphatic heterocycles. The number of nitrogens with zero attached hydrogens (tertiary/aromatic N) is 1. The van der Waals surface area contributed by atoms with Crippen molar-refractivity contribution < 1.29 is 34.3 Å². The summed E-state index contributed by atoms with van der Waals surface area (Å²) in [5.74, 6) is 1.76. The second-order valence-corrected chi connectivity index (χ2v) is 19.9. The smallest absolute Gasteiger partial charge is 0.170 e. The van der Waals surface area contributed by atoms with Crippen molar-refractivity contribution in [1.82, 2.24) is 4.90 Å². The summed E-state index contributed by atoms with van der Waals surface area (Å²) in [4.78, 5) is 2.32. The highest BCUT2D eigenvalue weighted by molar-refractivity contribution is 5.33. The highest BCUT2D eigenvalue weighted by Crippen LogP contribution is 2.89. The molecule has 2 spiro atoms. The topological polar surface area (TPSA) is 101 Å². The van der Waals surface area contributed by atoms with Gasteiger partial charge in [0.25, 0.3) is 0 Å². The predicted octanol–water partition coefficient (Wildman–Crippen LogP) is 5.79. The second-order valence-electron chi connectivity index (χ2n) is 19.9. The van der Waals surface area contributed by atoms with Crippen molar-refractivity contribution in [3.63, 3.8) is 0 Å². The maximum Gasteiger partial charge on any atom is 0.170 e. The van der Waals surface area contributed by atoms with Gasteiger partial charge in [0.15, 0.2) is 6.29 Å². The SMILES string of the molecule is CCOC(C1CC(C)C2C(O1)C(O)C1(C)C3CCC4C(C)(C)C(OC5CN(C(C)(C)CO)CCO5)CCC45CC35CCC21C)C(C)(C)O. The molecular formula is C40H69NO7. The number of rotatable bonds is 8. The molecule has 5 aliphatic carbocycles. The Hall–Kier alpha value is -0.320. The van der Waals surface area contributed by atoms with Gasteiger partial charge in [0, 0.05) is 24.1 Å². The molecule has 0 aromatic rings. The van der Waals surface area contributed by atoms with Gasteiger partial charge in [-0.05, 0) is 131 Å². The Bertz CT molecular complexity index is 1220. The number of hydrogen-bond donors (Lipinski definition) is 3. The van der Waals surface area contributed by atoms with E-state index in [2.05, 4.69) is 53.4 Å². The normalized spacial score (nSPS) is 50.8. The summed E-state index contributed by atoms with van der Waals surface area (Å²) in [6.45, 7) is 24.9. The third-order valence-electron chi connectivity index (χ3n) is 16.7. The summed E-state index contributed by atoms with van der Waals surface area (Å²) in [6.07, 6.45) is 7.64. The van der Waals surface area contributed by atoms with Gasteiger partial charge in [-0.3, -0.25) is 4.90 Å². The number of hydrogen-bond acceptors (Lipinski definition) is 8. The van der Waals surface area contributed by atoms with E-state index >= 15 is 0 Å². The molecule has 7 aliphatic rings. The molecule has 8 heteroatoms. The van der Waals surface area contributed by atoms with E-state index in [-0.39, 0.29) is 58.4 Å². The number of aliphatic hydroxyl groups excluding tert-OH is 2. The van der Waals surface area contributed by atoms with Crippen molar-refractivity contribution in [3.05, 3.63) is 0 Å². The largest absolute Gasteiger partial charge is 0.394 e. The van der Waals surface area contributed by atoms with E-state index in [1.165, 1.54) is 25.7 Å². The Labute approximate surface area is 291 Å². The number of fused-ring (bicyclic) bond motifs is 4. The van der Waals surface area contributed by atoms with Gasteiger partial charge in [0.2, 0.25) is 0 Å². The number of ether oxygens (including phenoxy) is 4. The van der Waals surface area contributed by atoms with Gasteiger partial charge >= 0.3 is 0 Å². The van der Waals surface area contributed by atoms with Gasteiger partial charge in [0.1, 0.15) is 6.10 Å². The van der Waals surface area contributed by atoms with Crippen LogP contribution in [0.4, 0.5) is 0 Å². The van der Waals surface area contributed by atoms with E-state index in [0.29, 0.717) is 48.8 Å². The molecule has 2 saturated heterocycles. The predicted molar refractivity (Wildman–Crippen MR) is 185 cm³/mol. The summed E-state index contributed by atoms with van der Waals surface area (Å²) in [6, 6.07) is 0. The molecule has 48 heavy (non-hydrogen) atoms. The van der Waals surface area contributed by atoms with Gasteiger partial charge in [-0.1, -0.05) is 34.6 Å². The monoisotopic (exact) mass is 676 g/mol. The lowest BCUT2D eigenvalue weighted by Crippen LogP contribution is -2.60. The average Bonchev–Trinajstić information content (AvgIpc) is 3.65. The van der Waals surface area contributed by atoms with Crippen LogP contribution in [0.5, 0.6) is 0 Å². The van der Waals surface area contributed by atoms with Crippen LogP contribution in [0.15, 0.2) is 0 Å². The molecule has 2 heterocycles. The molecule has 7 fully saturated rings. The Morgan fingerprint density at radius 3 is 2.33 bits per heavy atom. The van der Waals surface area contributed by atoms with E-state index in [9.17, 15) is 15.3 Å². The van der Waals surface area contributed by atoms with Crippen molar-refractivity contribution in [3.8, 4) is 0 Å². The minimum Gasteiger partial charge on any atom is -0.394 e. The van der Waals surface area contributed by atoms with Gasteiger partial charge in [0.05, 0.1) is 49.8 Å². The standard InChI is InChI=1S/C40H69NO7/c1-11-45-33(36(7,8)44)25-20-24(2)30-31(47-25)32(43)38(10)27-13-12-26-35(5,6)28(48-29-21-41(18-19-46-29)34(3,4)23-42)14-15-39(26)22-40(27,39)17-16-37(30,38)9/h24-33,42-44H,11-23H2,1-10H3. The quantitative estimate of drug-likeness (QED) is 0.298. The first-order valence-corrected chi connectivity index (χ1v) is 19.6. The molecule has 0 aromatic heterocycles. The van der Waals surface area contributed by atoms with Crippen LogP contribution in [0.25, 0.3) is 0 Å². The summed E-state index contributed by atoms with van der Waals surface area (Å²) < 4.78 is 26.2. The molecule has 8 nitrogen and oxygen atoms in total. The molecule has 3 N–H and O–H groups in total. The maximum absolute atomic E-state index is 12.6. The van der Waals surface area contributed by atoms with Gasteiger partial charge in [-0.25, -0.2) is 0 Å². The van der Waals surface area contributed by atoms with Gasteiger partial charge in [-0.15, -0.1) is 0 Å². The Kier molecular flexibility index (Phi) is 8.70. The Morgan fingerprint density at radius 1 is 0.979 bits per heavy atom. The van der Waals surface area contributed by atoms with Crippen molar-refractivity contribution in [1.29, 1.82) is 0 Å². The van der Waals surface area contributed by atoms with Gasteiger partial charge < -0.3 is 34.3 Å². The van der Waals surface area contributed by atoms with Crippen molar-refractivity contribution in [2.75, 3.05) is 32.9 Å². The molecule has 276 valence electrons. The molecule has 0 aromatic carbocycles. The van der Waals surface area contributed by atoms with Crippen LogP contribution in [0.1, 0.15) is 121 Å².